The molecule has 0 heterocycles. The fourth-order valence-corrected chi connectivity index (χ4v) is 13.1. The molecule has 0 radical (unpaired) electrons. The van der Waals surface area contributed by atoms with Gasteiger partial charge >= 0.3 is 0 Å². The van der Waals surface area contributed by atoms with Crippen molar-refractivity contribution in [3.05, 3.63) is 152 Å². The molecule has 256 valence electrons. The van der Waals surface area contributed by atoms with E-state index in [1.54, 1.807) is 10.6 Å². The minimum absolute atomic E-state index is 0.152. The minimum Gasteiger partial charge on any atom is -0.306 e. The molecule has 0 N–H and O–H groups in total. The van der Waals surface area contributed by atoms with Crippen LogP contribution in [0.3, 0.4) is 0 Å². The Morgan fingerprint density at radius 3 is 1.37 bits per heavy atom. The highest BCUT2D eigenvalue weighted by Gasteiger charge is 2.33. The molecule has 7 rings (SSSR count). The first-order chi connectivity index (χ1) is 24.0. The first kappa shape index (κ1) is 37.5. The van der Waals surface area contributed by atoms with Gasteiger partial charge in [-0.25, -0.2) is 0 Å². The third kappa shape index (κ3) is 11.4. The van der Waals surface area contributed by atoms with E-state index in [0.717, 1.165) is 16.8 Å². The molecule has 2 aliphatic rings. The van der Waals surface area contributed by atoms with Crippen molar-refractivity contribution in [3.63, 3.8) is 0 Å². The van der Waals surface area contributed by atoms with Crippen molar-refractivity contribution < 1.29 is 0 Å². The Hall–Kier alpha value is -2.73. The van der Waals surface area contributed by atoms with Crippen molar-refractivity contribution in [1.82, 2.24) is 4.90 Å². The Kier molecular flexibility index (Phi) is 15.5. The summed E-state index contributed by atoms with van der Waals surface area (Å²) in [7, 11) is 4.08. The summed E-state index contributed by atoms with van der Waals surface area (Å²) in [5.74, 6) is 0.843. The van der Waals surface area contributed by atoms with E-state index >= 15 is 0 Å². The third-order valence-corrected chi connectivity index (χ3v) is 16.5. The summed E-state index contributed by atoms with van der Waals surface area (Å²) in [5, 5.41) is 6.77. The van der Waals surface area contributed by atoms with E-state index < -0.39 is 0 Å². The first-order valence-electron chi connectivity index (χ1n) is 18.1. The van der Waals surface area contributed by atoms with Crippen LogP contribution in [-0.4, -0.2) is 42.6 Å². The second kappa shape index (κ2) is 20.2. The lowest BCUT2D eigenvalue weighted by Crippen LogP contribution is -2.35. The van der Waals surface area contributed by atoms with Gasteiger partial charge in [0.25, 0.3) is 0 Å². The van der Waals surface area contributed by atoms with Crippen LogP contribution in [0, 0.1) is 5.92 Å². The van der Waals surface area contributed by atoms with Crippen LogP contribution in [0.4, 0.5) is 0 Å². The van der Waals surface area contributed by atoms with Crippen molar-refractivity contribution in [2.75, 3.05) is 20.8 Å². The van der Waals surface area contributed by atoms with Gasteiger partial charge in [-0.15, -0.1) is 11.8 Å². The van der Waals surface area contributed by atoms with Gasteiger partial charge in [-0.2, -0.15) is 0 Å². The normalized spacial score (nSPS) is 18.1. The SMILES string of the molecule is CP(c1ccccc1)c1ccccc1.C[C@H](C1CCCC1Sc1ccccc1)N(C)C.c1ccc(P(c2ccccc2)C2CCCC2)cc1. The summed E-state index contributed by atoms with van der Waals surface area (Å²) >= 11 is 2.08. The topological polar surface area (TPSA) is 3.24 Å². The number of benzene rings is 5. The van der Waals surface area contributed by atoms with Crippen molar-refractivity contribution in [1.29, 1.82) is 0 Å². The molecule has 2 unspecified atom stereocenters. The quantitative estimate of drug-likeness (QED) is 0.141. The Morgan fingerprint density at radius 2 is 0.939 bits per heavy atom. The summed E-state index contributed by atoms with van der Waals surface area (Å²) in [6.45, 7) is 4.68. The molecule has 3 atom stereocenters. The molecule has 0 saturated heterocycles. The third-order valence-electron chi connectivity index (χ3n) is 10.0. The lowest BCUT2D eigenvalue weighted by Gasteiger charge is -2.30. The second-order valence-corrected chi connectivity index (χ2v) is 19.4. The fourth-order valence-electron chi connectivity index (χ4n) is 7.07. The van der Waals surface area contributed by atoms with Crippen LogP contribution >= 0.6 is 27.6 Å². The fraction of sp³-hybridized carbons (Fsp3) is 0.333. The van der Waals surface area contributed by atoms with Gasteiger partial charge in [-0.3, -0.25) is 0 Å². The van der Waals surface area contributed by atoms with Gasteiger partial charge in [0.05, 0.1) is 0 Å². The van der Waals surface area contributed by atoms with E-state index in [0.29, 0.717) is 6.04 Å². The van der Waals surface area contributed by atoms with E-state index in [9.17, 15) is 0 Å². The van der Waals surface area contributed by atoms with E-state index in [2.05, 4.69) is 196 Å². The zero-order chi connectivity index (χ0) is 34.3. The zero-order valence-electron chi connectivity index (χ0n) is 29.9. The Labute approximate surface area is 304 Å². The van der Waals surface area contributed by atoms with Crippen LogP contribution in [0.1, 0.15) is 51.9 Å². The van der Waals surface area contributed by atoms with E-state index in [4.69, 9.17) is 0 Å². The molecule has 0 bridgehead atoms. The summed E-state index contributed by atoms with van der Waals surface area (Å²) in [6, 6.07) is 55.2. The molecule has 0 spiro atoms. The number of thioether (sulfide) groups is 1. The van der Waals surface area contributed by atoms with Gasteiger partial charge in [0.1, 0.15) is 0 Å². The maximum atomic E-state index is 2.37. The van der Waals surface area contributed by atoms with Gasteiger partial charge in [-0.1, -0.05) is 159 Å². The van der Waals surface area contributed by atoms with Crippen molar-refractivity contribution >= 4 is 48.8 Å². The maximum absolute atomic E-state index is 2.37. The standard InChI is InChI=1S/C17H19P.C15H23NS.C13H13P/c1-3-9-15(10-4-1)18(17-13-7-8-14-17)16-11-5-2-6-12-16;1-12(16(2)3)14-10-7-11-15(14)17-13-8-5-4-6-9-13;1-14(12-8-4-2-5-9-12)13-10-6-3-7-11-13/h1-6,9-12,17H,7-8,13-14H2;4-6,8-9,12,14-15H,7,10-11H2,1-3H3;2-11H,1H3/t;12-,14?,15?;/m.1./s1. The maximum Gasteiger partial charge on any atom is 0.0137 e. The second-order valence-electron chi connectivity index (χ2n) is 13.5. The van der Waals surface area contributed by atoms with Gasteiger partial charge in [0.15, 0.2) is 0 Å². The molecule has 1 nitrogen and oxygen atoms in total. The first-order valence-corrected chi connectivity index (χ1v) is 22.2. The molecular weight excluding hydrogens is 649 g/mol. The molecule has 2 aliphatic carbocycles. The lowest BCUT2D eigenvalue weighted by molar-refractivity contribution is 0.233. The van der Waals surface area contributed by atoms with Crippen LogP contribution in [0.15, 0.2) is 157 Å². The number of hydrogen-bond acceptors (Lipinski definition) is 2. The molecule has 0 aromatic heterocycles. The molecule has 2 saturated carbocycles. The molecule has 49 heavy (non-hydrogen) atoms. The van der Waals surface area contributed by atoms with Gasteiger partial charge < -0.3 is 4.90 Å². The zero-order valence-corrected chi connectivity index (χ0v) is 32.5. The summed E-state index contributed by atoms with van der Waals surface area (Å²) in [6.07, 6.45) is 9.83. The Balaban J connectivity index is 0.000000145. The van der Waals surface area contributed by atoms with Crippen LogP contribution in [0.2, 0.25) is 0 Å². The summed E-state index contributed by atoms with van der Waals surface area (Å²) in [4.78, 5) is 3.80. The molecule has 5 aromatic carbocycles. The average molecular weight is 704 g/mol. The molecule has 4 heteroatoms. The molecule has 0 amide bonds. The van der Waals surface area contributed by atoms with E-state index in [1.807, 2.05) is 0 Å². The highest BCUT2D eigenvalue weighted by atomic mass is 32.2. The molecule has 2 fully saturated rings. The van der Waals surface area contributed by atoms with Crippen molar-refractivity contribution in [2.24, 2.45) is 5.92 Å². The van der Waals surface area contributed by atoms with Crippen LogP contribution in [-0.2, 0) is 0 Å². The minimum atomic E-state index is -0.171. The smallest absolute Gasteiger partial charge is 0.0137 e. The van der Waals surface area contributed by atoms with Crippen LogP contribution in [0.5, 0.6) is 0 Å². The average Bonchev–Trinajstić information content (AvgIpc) is 3.87. The number of rotatable bonds is 9. The van der Waals surface area contributed by atoms with Crippen LogP contribution < -0.4 is 21.2 Å². The highest BCUT2D eigenvalue weighted by molar-refractivity contribution is 8.00. The summed E-state index contributed by atoms with van der Waals surface area (Å²) < 4.78 is 0. The number of hydrogen-bond donors (Lipinski definition) is 0. The summed E-state index contributed by atoms with van der Waals surface area (Å²) in [5.41, 5.74) is 0.893. The van der Waals surface area contributed by atoms with E-state index in [1.165, 1.54) is 60.5 Å². The lowest BCUT2D eigenvalue weighted by atomic mass is 9.99. The van der Waals surface area contributed by atoms with Gasteiger partial charge in [0, 0.05) is 16.2 Å². The van der Waals surface area contributed by atoms with E-state index in [-0.39, 0.29) is 15.8 Å². The predicted octanol–water partition coefficient (Wildman–Crippen LogP) is 10.7. The van der Waals surface area contributed by atoms with Gasteiger partial charge in [0.2, 0.25) is 0 Å². The molecule has 5 aromatic rings. The Morgan fingerprint density at radius 1 is 0.531 bits per heavy atom. The van der Waals surface area contributed by atoms with Crippen molar-refractivity contribution in [3.8, 4) is 0 Å². The molecule has 0 aliphatic heterocycles. The van der Waals surface area contributed by atoms with Crippen LogP contribution in [0.25, 0.3) is 0 Å². The monoisotopic (exact) mass is 703 g/mol. The molecular formula is C45H55NP2S. The number of nitrogens with zero attached hydrogens (tertiary/aromatic N) is 1. The van der Waals surface area contributed by atoms with Gasteiger partial charge in [-0.05, 0) is 114 Å². The largest absolute Gasteiger partial charge is 0.306 e. The van der Waals surface area contributed by atoms with Crippen molar-refractivity contribution in [2.45, 2.75) is 73.7 Å². The predicted molar refractivity (Wildman–Crippen MR) is 223 cm³/mol. The highest BCUT2D eigenvalue weighted by Crippen LogP contribution is 2.47. The Bertz CT molecular complexity index is 1500.